The molecule has 0 N–H and O–H groups in total. The molecule has 1 aromatic carbocycles. The number of nitrogens with zero attached hydrogens (tertiary/aromatic N) is 2. The highest BCUT2D eigenvalue weighted by atomic mass is 32.2. The Balaban J connectivity index is 1.41. The lowest BCUT2D eigenvalue weighted by Crippen LogP contribution is -2.53. The van der Waals surface area contributed by atoms with Crippen molar-refractivity contribution in [2.24, 2.45) is 0 Å². The van der Waals surface area contributed by atoms with E-state index in [1.54, 1.807) is 16.4 Å². The predicted octanol–water partition coefficient (Wildman–Crippen LogP) is 1.29. The molecule has 0 aromatic heterocycles. The van der Waals surface area contributed by atoms with Crippen molar-refractivity contribution in [2.75, 3.05) is 13.2 Å². The standard InChI is InChI=1S/C19H22N2O6S/c22-18-5-6-19(23)20(18)14-9-12-1-2-13(10-14)21(12)28(24,25)15-3-4-16-17(11-15)27-8-7-26-16/h3-4,11-14H,1-2,5-10H2. The first-order valence-corrected chi connectivity index (χ1v) is 11.2. The van der Waals surface area contributed by atoms with Crippen LogP contribution in [0, 0.1) is 0 Å². The molecule has 3 saturated heterocycles. The molecule has 3 fully saturated rings. The number of imide groups is 1. The third-order valence-electron chi connectivity index (χ3n) is 6.19. The molecule has 0 saturated carbocycles. The molecule has 0 aliphatic carbocycles. The van der Waals surface area contributed by atoms with E-state index >= 15 is 0 Å². The molecule has 2 bridgehead atoms. The topological polar surface area (TPSA) is 93.2 Å². The van der Waals surface area contributed by atoms with Crippen molar-refractivity contribution in [3.63, 3.8) is 0 Å². The fourth-order valence-corrected chi connectivity index (χ4v) is 6.92. The Morgan fingerprint density at radius 2 is 1.46 bits per heavy atom. The van der Waals surface area contributed by atoms with E-state index < -0.39 is 10.0 Å². The van der Waals surface area contributed by atoms with Gasteiger partial charge in [0, 0.05) is 37.0 Å². The maximum Gasteiger partial charge on any atom is 0.243 e. The largest absolute Gasteiger partial charge is 0.486 e. The van der Waals surface area contributed by atoms with Gasteiger partial charge in [0.05, 0.1) is 4.90 Å². The Kier molecular flexibility index (Phi) is 4.13. The Hall–Kier alpha value is -2.13. The number of likely N-dealkylation sites (tertiary alicyclic amines) is 1. The van der Waals surface area contributed by atoms with Crippen molar-refractivity contribution in [3.8, 4) is 11.5 Å². The zero-order valence-electron chi connectivity index (χ0n) is 15.4. The second-order valence-corrected chi connectivity index (χ2v) is 9.65. The van der Waals surface area contributed by atoms with E-state index in [1.807, 2.05) is 0 Å². The van der Waals surface area contributed by atoms with Crippen LogP contribution in [0.5, 0.6) is 11.5 Å². The fourth-order valence-electron chi connectivity index (χ4n) is 5.02. The smallest absolute Gasteiger partial charge is 0.243 e. The van der Waals surface area contributed by atoms with Crippen molar-refractivity contribution in [1.29, 1.82) is 0 Å². The Labute approximate surface area is 163 Å². The van der Waals surface area contributed by atoms with E-state index in [1.165, 1.54) is 11.0 Å². The summed E-state index contributed by atoms with van der Waals surface area (Å²) in [7, 11) is -3.70. The number of carbonyl (C=O) groups is 2. The van der Waals surface area contributed by atoms with Gasteiger partial charge in [-0.25, -0.2) is 8.42 Å². The summed E-state index contributed by atoms with van der Waals surface area (Å²) >= 11 is 0. The van der Waals surface area contributed by atoms with Gasteiger partial charge in [-0.3, -0.25) is 14.5 Å². The van der Waals surface area contributed by atoms with Crippen LogP contribution in [0.25, 0.3) is 0 Å². The van der Waals surface area contributed by atoms with E-state index in [0.29, 0.717) is 37.6 Å². The quantitative estimate of drug-likeness (QED) is 0.703. The second-order valence-electron chi connectivity index (χ2n) is 7.81. The third kappa shape index (κ3) is 2.71. The lowest BCUT2D eigenvalue weighted by Gasteiger charge is -2.40. The second kappa shape index (κ2) is 6.45. The molecule has 2 amide bonds. The van der Waals surface area contributed by atoms with Crippen molar-refractivity contribution < 1.29 is 27.5 Å². The molecule has 2 unspecified atom stereocenters. The van der Waals surface area contributed by atoms with Gasteiger partial charge in [-0.15, -0.1) is 0 Å². The molecule has 0 spiro atoms. The highest BCUT2D eigenvalue weighted by Crippen LogP contribution is 2.43. The minimum Gasteiger partial charge on any atom is -0.486 e. The van der Waals surface area contributed by atoms with Crippen LogP contribution in [-0.2, 0) is 19.6 Å². The normalized spacial score (nSPS) is 30.1. The summed E-state index contributed by atoms with van der Waals surface area (Å²) in [6.07, 6.45) is 3.06. The molecule has 1 aromatic rings. The van der Waals surface area contributed by atoms with Gasteiger partial charge in [0.25, 0.3) is 0 Å². The molecule has 4 aliphatic rings. The monoisotopic (exact) mass is 406 g/mol. The average Bonchev–Trinajstić information content (AvgIpc) is 3.17. The van der Waals surface area contributed by atoms with Gasteiger partial charge in [0.15, 0.2) is 11.5 Å². The van der Waals surface area contributed by atoms with E-state index in [4.69, 9.17) is 9.47 Å². The summed E-state index contributed by atoms with van der Waals surface area (Å²) in [5.74, 6) is 0.746. The van der Waals surface area contributed by atoms with Gasteiger partial charge in [0.2, 0.25) is 21.8 Å². The summed E-state index contributed by atoms with van der Waals surface area (Å²) in [5, 5.41) is 0. The lowest BCUT2D eigenvalue weighted by molar-refractivity contribution is -0.142. The van der Waals surface area contributed by atoms with E-state index in [9.17, 15) is 18.0 Å². The van der Waals surface area contributed by atoms with E-state index in [-0.39, 0.29) is 47.7 Å². The van der Waals surface area contributed by atoms with Crippen LogP contribution >= 0.6 is 0 Å². The Morgan fingerprint density at radius 3 is 2.11 bits per heavy atom. The van der Waals surface area contributed by atoms with Gasteiger partial charge in [-0.2, -0.15) is 4.31 Å². The molecule has 0 radical (unpaired) electrons. The number of fused-ring (bicyclic) bond motifs is 3. The Morgan fingerprint density at radius 1 is 0.857 bits per heavy atom. The molecular weight excluding hydrogens is 384 g/mol. The first kappa shape index (κ1) is 17.9. The number of sulfonamides is 1. The number of piperidine rings is 1. The Bertz CT molecular complexity index is 916. The summed E-state index contributed by atoms with van der Waals surface area (Å²) in [6, 6.07) is 4.15. The van der Waals surface area contributed by atoms with Crippen molar-refractivity contribution in [1.82, 2.24) is 9.21 Å². The van der Waals surface area contributed by atoms with Crippen LogP contribution in [0.15, 0.2) is 23.1 Å². The lowest BCUT2D eigenvalue weighted by atomic mass is 9.98. The van der Waals surface area contributed by atoms with Crippen molar-refractivity contribution >= 4 is 21.8 Å². The van der Waals surface area contributed by atoms with Crippen molar-refractivity contribution in [2.45, 2.75) is 61.5 Å². The molecule has 28 heavy (non-hydrogen) atoms. The zero-order chi connectivity index (χ0) is 19.5. The molecule has 150 valence electrons. The van der Waals surface area contributed by atoms with Gasteiger partial charge in [-0.05, 0) is 37.8 Å². The maximum atomic E-state index is 13.4. The van der Waals surface area contributed by atoms with Crippen LogP contribution in [0.1, 0.15) is 38.5 Å². The number of hydrogen-bond acceptors (Lipinski definition) is 6. The molecule has 9 heteroatoms. The summed E-state index contributed by atoms with van der Waals surface area (Å²) in [5.41, 5.74) is 0. The van der Waals surface area contributed by atoms with Crippen LogP contribution in [0.4, 0.5) is 0 Å². The van der Waals surface area contributed by atoms with Crippen LogP contribution in [0.2, 0.25) is 0 Å². The van der Waals surface area contributed by atoms with Crippen LogP contribution < -0.4 is 9.47 Å². The average molecular weight is 406 g/mol. The van der Waals surface area contributed by atoms with Crippen molar-refractivity contribution in [3.05, 3.63) is 18.2 Å². The third-order valence-corrected chi connectivity index (χ3v) is 8.19. The predicted molar refractivity (Wildman–Crippen MR) is 97.4 cm³/mol. The number of benzene rings is 1. The number of hydrogen-bond donors (Lipinski definition) is 0. The molecule has 2 atom stereocenters. The maximum absolute atomic E-state index is 13.4. The van der Waals surface area contributed by atoms with Gasteiger partial charge in [0.1, 0.15) is 13.2 Å². The van der Waals surface area contributed by atoms with E-state index in [2.05, 4.69) is 0 Å². The molecule has 4 aliphatic heterocycles. The minimum absolute atomic E-state index is 0.127. The number of amides is 2. The van der Waals surface area contributed by atoms with Crippen LogP contribution in [0.3, 0.4) is 0 Å². The summed E-state index contributed by atoms with van der Waals surface area (Å²) in [6.45, 7) is 0.843. The number of rotatable bonds is 3. The van der Waals surface area contributed by atoms with Gasteiger partial charge >= 0.3 is 0 Å². The van der Waals surface area contributed by atoms with Gasteiger partial charge < -0.3 is 9.47 Å². The highest BCUT2D eigenvalue weighted by Gasteiger charge is 2.50. The minimum atomic E-state index is -3.70. The highest BCUT2D eigenvalue weighted by molar-refractivity contribution is 7.89. The summed E-state index contributed by atoms with van der Waals surface area (Å²) < 4.78 is 39.4. The molecule has 5 rings (SSSR count). The molecule has 8 nitrogen and oxygen atoms in total. The van der Waals surface area contributed by atoms with E-state index in [0.717, 1.165) is 12.8 Å². The fraction of sp³-hybridized carbons (Fsp3) is 0.579. The molecule has 4 heterocycles. The first-order valence-electron chi connectivity index (χ1n) is 9.73. The number of carbonyl (C=O) groups excluding carboxylic acids is 2. The van der Waals surface area contributed by atoms with Crippen LogP contribution in [-0.4, -0.2) is 60.8 Å². The molecular formula is C19H22N2O6S. The summed E-state index contributed by atoms with van der Waals surface area (Å²) in [4.78, 5) is 25.8. The zero-order valence-corrected chi connectivity index (χ0v) is 16.2. The number of ether oxygens (including phenoxy) is 2. The SMILES string of the molecule is O=C1CCC(=O)N1C1CC2CCC(C1)N2S(=O)(=O)c1ccc2c(c1)OCCO2. The first-order chi connectivity index (χ1) is 13.4. The van der Waals surface area contributed by atoms with Gasteiger partial charge in [-0.1, -0.05) is 0 Å².